The minimum absolute atomic E-state index is 0.171. The van der Waals surface area contributed by atoms with Crippen molar-refractivity contribution < 1.29 is 14.2 Å². The maximum absolute atomic E-state index is 11.6. The van der Waals surface area contributed by atoms with Gasteiger partial charge in [0.15, 0.2) is 0 Å². The highest BCUT2D eigenvalue weighted by molar-refractivity contribution is 8.00. The minimum atomic E-state index is -0.554. The third-order valence-electron chi connectivity index (χ3n) is 2.52. The van der Waals surface area contributed by atoms with Crippen LogP contribution in [-0.2, 0) is 14.2 Å². The summed E-state index contributed by atoms with van der Waals surface area (Å²) in [7, 11) is 1.28. The molecule has 0 radical (unpaired) electrons. The van der Waals surface area contributed by atoms with Gasteiger partial charge in [-0.15, -0.1) is 35.0 Å². The summed E-state index contributed by atoms with van der Waals surface area (Å²) in [5.74, 6) is 0.0201. The van der Waals surface area contributed by atoms with Crippen LogP contribution < -0.4 is 0 Å². The van der Waals surface area contributed by atoms with Gasteiger partial charge in [0.25, 0.3) is 0 Å². The number of thioether (sulfide) groups is 1. The summed E-state index contributed by atoms with van der Waals surface area (Å²) in [6.45, 7) is 0. The van der Waals surface area contributed by atoms with E-state index in [1.165, 1.54) is 24.7 Å². The lowest BCUT2D eigenvalue weighted by molar-refractivity contribution is -0.144. The number of amides is 1. The van der Waals surface area contributed by atoms with Gasteiger partial charge in [0.05, 0.1) is 0 Å². The molecule has 0 unspecified atom stereocenters. The Bertz CT molecular complexity index is 389. The molecule has 1 fully saturated rings. The number of carbonyl (C=O) groups excluding carboxylic acids is 2. The topological polar surface area (TPSA) is 46.6 Å². The molecule has 1 saturated heterocycles. The molecule has 2 aliphatic rings. The molecule has 2 aliphatic heterocycles. The van der Waals surface area contributed by atoms with Crippen LogP contribution in [0.4, 0.5) is 0 Å². The highest BCUT2D eigenvalue weighted by atomic mass is 35.5. The molecule has 2 atom stereocenters. The summed E-state index contributed by atoms with van der Waals surface area (Å²) in [5, 5.41) is -0.725. The fourth-order valence-electron chi connectivity index (χ4n) is 1.69. The molecule has 4 nitrogen and oxygen atoms in total. The van der Waals surface area contributed by atoms with Crippen LogP contribution in [0.5, 0.6) is 0 Å². The normalized spacial score (nSPS) is 28.6. The second kappa shape index (κ2) is 4.51. The maximum atomic E-state index is 11.6. The van der Waals surface area contributed by atoms with Crippen LogP contribution >= 0.6 is 35.0 Å². The molecule has 0 aromatic heterocycles. The quantitative estimate of drug-likeness (QED) is 0.408. The molecular formula is C8H8BCl2NO3S. The van der Waals surface area contributed by atoms with Crippen molar-refractivity contribution in [3.05, 3.63) is 11.3 Å². The molecule has 0 spiro atoms. The number of β-lactam (4-membered cyclic amide) rings is 1. The lowest BCUT2D eigenvalue weighted by Crippen LogP contribution is -2.62. The van der Waals surface area contributed by atoms with Crippen LogP contribution in [0, 0.1) is 0 Å². The third kappa shape index (κ3) is 1.63. The number of hydrogen-bond donors (Lipinski definition) is 0. The molecule has 0 saturated carbocycles. The smallest absolute Gasteiger partial charge is 0.337 e. The molecule has 16 heavy (non-hydrogen) atoms. The largest absolute Gasteiger partial charge is 0.539 e. The molecule has 1 amide bonds. The Balaban J connectivity index is 2.36. The second-order valence-corrected chi connectivity index (χ2v) is 5.23. The summed E-state index contributed by atoms with van der Waals surface area (Å²) in [6.07, 6.45) is 0. The van der Waals surface area contributed by atoms with Crippen LogP contribution in [0.1, 0.15) is 0 Å². The van der Waals surface area contributed by atoms with Gasteiger partial charge in [0.2, 0.25) is 5.91 Å². The van der Waals surface area contributed by atoms with Crippen molar-refractivity contribution in [3.8, 4) is 0 Å². The number of carbonyl (C=O) groups is 2. The molecule has 2 heterocycles. The Hall–Kier alpha value is -0.325. The summed E-state index contributed by atoms with van der Waals surface area (Å²) in [4.78, 5) is 24.6. The molecule has 8 heteroatoms. The van der Waals surface area contributed by atoms with Crippen molar-refractivity contribution in [1.82, 2.24) is 4.90 Å². The monoisotopic (exact) mass is 279 g/mol. The van der Waals surface area contributed by atoms with Gasteiger partial charge in [0.1, 0.15) is 16.4 Å². The van der Waals surface area contributed by atoms with Gasteiger partial charge in [-0.2, -0.15) is 0 Å². The van der Waals surface area contributed by atoms with Crippen LogP contribution in [0.2, 0.25) is 0 Å². The molecule has 0 aliphatic carbocycles. The minimum Gasteiger partial charge on any atom is -0.539 e. The fraction of sp³-hybridized carbons (Fsp3) is 0.500. The first-order valence-corrected chi connectivity index (χ1v) is 6.58. The summed E-state index contributed by atoms with van der Waals surface area (Å²) >= 11 is 13.1. The Morgan fingerprint density at radius 3 is 2.94 bits per heavy atom. The molecule has 86 valence electrons. The molecule has 2 rings (SSSR count). The van der Waals surface area contributed by atoms with Crippen LogP contribution in [-0.4, -0.2) is 47.2 Å². The van der Waals surface area contributed by atoms with Crippen molar-refractivity contribution in [1.29, 1.82) is 0 Å². The first-order valence-electron chi connectivity index (χ1n) is 4.57. The van der Waals surface area contributed by atoms with E-state index in [-0.39, 0.29) is 22.9 Å². The molecular weight excluding hydrogens is 272 g/mol. The van der Waals surface area contributed by atoms with Crippen molar-refractivity contribution in [2.45, 2.75) is 10.8 Å². The maximum Gasteiger partial charge on any atom is 0.337 e. The standard InChI is InChI=1S/C8H8BCl2NO3S/c9-15-8(14)5-3(1-10)2-16-7-4(11)6(13)12(5)7/h4,7H,1-2,9H2/t4-,7-/m1/s1. The molecule has 0 bridgehead atoms. The van der Waals surface area contributed by atoms with E-state index in [2.05, 4.69) is 4.65 Å². The molecule has 0 N–H and O–H groups in total. The summed E-state index contributed by atoms with van der Waals surface area (Å²) < 4.78 is 4.66. The first-order chi connectivity index (χ1) is 7.61. The molecule has 0 aromatic carbocycles. The van der Waals surface area contributed by atoms with Gasteiger partial charge in [-0.05, 0) is 5.57 Å². The Morgan fingerprint density at radius 2 is 2.38 bits per heavy atom. The van der Waals surface area contributed by atoms with Gasteiger partial charge < -0.3 is 4.65 Å². The van der Waals surface area contributed by atoms with Crippen molar-refractivity contribution in [3.63, 3.8) is 0 Å². The van der Waals surface area contributed by atoms with Crippen LogP contribution in [0.15, 0.2) is 11.3 Å². The lowest BCUT2D eigenvalue weighted by Gasteiger charge is -2.47. The number of fused-ring (bicyclic) bond motifs is 1. The second-order valence-electron chi connectivity index (χ2n) is 3.39. The van der Waals surface area contributed by atoms with Crippen molar-refractivity contribution in [2.75, 3.05) is 11.6 Å². The zero-order chi connectivity index (χ0) is 11.9. The van der Waals surface area contributed by atoms with Crippen molar-refractivity contribution >= 4 is 54.9 Å². The number of halogens is 2. The van der Waals surface area contributed by atoms with E-state index in [0.717, 1.165) is 0 Å². The zero-order valence-electron chi connectivity index (χ0n) is 8.41. The van der Waals surface area contributed by atoms with Crippen LogP contribution in [0.3, 0.4) is 0 Å². The van der Waals surface area contributed by atoms with Gasteiger partial charge in [-0.3, -0.25) is 9.69 Å². The van der Waals surface area contributed by atoms with E-state index >= 15 is 0 Å². The summed E-state index contributed by atoms with van der Waals surface area (Å²) in [5.41, 5.74) is 0.981. The van der Waals surface area contributed by atoms with E-state index < -0.39 is 11.3 Å². The number of nitrogens with zero attached hydrogens (tertiary/aromatic N) is 1. The van der Waals surface area contributed by atoms with Gasteiger partial charge in [-0.25, -0.2) is 4.79 Å². The average Bonchev–Trinajstić information content (AvgIpc) is 2.34. The SMILES string of the molecule is BOC(=O)C1=C(CCl)CS[C@@H]2[C@H](Cl)C(=O)N12. The average molecular weight is 280 g/mol. The van der Waals surface area contributed by atoms with E-state index in [1.807, 2.05) is 0 Å². The van der Waals surface area contributed by atoms with Gasteiger partial charge >= 0.3 is 14.0 Å². The predicted molar refractivity (Wildman–Crippen MR) is 65.1 cm³/mol. The van der Waals surface area contributed by atoms with Crippen molar-refractivity contribution in [2.24, 2.45) is 0 Å². The van der Waals surface area contributed by atoms with Gasteiger partial charge in [-0.1, -0.05) is 0 Å². The predicted octanol–water partition coefficient (Wildman–Crippen LogP) is 0.0931. The highest BCUT2D eigenvalue weighted by Crippen LogP contribution is 2.42. The number of hydrogen-bond acceptors (Lipinski definition) is 4. The van der Waals surface area contributed by atoms with Gasteiger partial charge in [0, 0.05) is 11.6 Å². The fourth-order valence-corrected chi connectivity index (χ4v) is 3.71. The van der Waals surface area contributed by atoms with E-state index in [9.17, 15) is 9.59 Å². The number of alkyl halides is 2. The Kier molecular flexibility index (Phi) is 3.42. The van der Waals surface area contributed by atoms with E-state index in [1.54, 1.807) is 0 Å². The van der Waals surface area contributed by atoms with E-state index in [4.69, 9.17) is 23.2 Å². The highest BCUT2D eigenvalue weighted by Gasteiger charge is 2.52. The van der Waals surface area contributed by atoms with Crippen LogP contribution in [0.25, 0.3) is 0 Å². The molecule has 0 aromatic rings. The summed E-state index contributed by atoms with van der Waals surface area (Å²) in [6, 6.07) is 0. The first kappa shape index (κ1) is 12.1. The van der Waals surface area contributed by atoms with E-state index in [0.29, 0.717) is 11.3 Å². The third-order valence-corrected chi connectivity index (χ3v) is 4.76. The Morgan fingerprint density at radius 1 is 1.69 bits per heavy atom. The Labute approximate surface area is 108 Å². The number of rotatable bonds is 2. The lowest BCUT2D eigenvalue weighted by atomic mass is 10.1. The zero-order valence-corrected chi connectivity index (χ0v) is 10.7.